The smallest absolute Gasteiger partial charge is 0.319 e. The van der Waals surface area contributed by atoms with Gasteiger partial charge >= 0.3 is 5.97 Å². The number of nitrogens with two attached hydrogens (primary N) is 1. The maximum atomic E-state index is 12.3. The summed E-state index contributed by atoms with van der Waals surface area (Å²) in [4.78, 5) is 9.83. The van der Waals surface area contributed by atoms with Crippen LogP contribution in [-0.4, -0.2) is 25.8 Å². The molecule has 0 atom stereocenters. The van der Waals surface area contributed by atoms with Crippen molar-refractivity contribution >= 4 is 12.2 Å². The van der Waals surface area contributed by atoms with Gasteiger partial charge in [0.1, 0.15) is 0 Å². The van der Waals surface area contributed by atoms with E-state index in [1.54, 1.807) is 0 Å². The van der Waals surface area contributed by atoms with Gasteiger partial charge in [-0.2, -0.15) is 0 Å². The monoisotopic (exact) mass is 248 g/mol. The molecule has 0 aliphatic heterocycles. The fourth-order valence-corrected chi connectivity index (χ4v) is 0.742. The molecule has 3 N–H and O–H groups in total. The third-order valence-electron chi connectivity index (χ3n) is 1.57. The van der Waals surface area contributed by atoms with Gasteiger partial charge in [-0.15, -0.1) is 0 Å². The summed E-state index contributed by atoms with van der Waals surface area (Å²) in [5.74, 6) is -4.43. The molecule has 0 fully saturated rings. The number of carbonyl (C=O) groups is 1. The normalized spacial score (nSPS) is 9.00. The van der Waals surface area contributed by atoms with Gasteiger partial charge in [0.2, 0.25) is 0 Å². The van der Waals surface area contributed by atoms with Gasteiger partial charge in [0.15, 0.2) is 17.5 Å². The van der Waals surface area contributed by atoms with Gasteiger partial charge in [0.05, 0.1) is 13.7 Å². The zero-order valence-corrected chi connectivity index (χ0v) is 8.97. The second-order valence-electron chi connectivity index (χ2n) is 2.72. The van der Waals surface area contributed by atoms with E-state index < -0.39 is 17.5 Å². The SMILES string of the molecule is COC(=O)CN.N=Cc1cc(F)c(F)c(F)c1. The lowest BCUT2D eigenvalue weighted by Crippen LogP contribution is -2.14. The van der Waals surface area contributed by atoms with Crippen molar-refractivity contribution in [3.63, 3.8) is 0 Å². The van der Waals surface area contributed by atoms with E-state index in [-0.39, 0.29) is 18.1 Å². The zero-order valence-electron chi connectivity index (χ0n) is 8.97. The first-order chi connectivity index (χ1) is 7.96. The first-order valence-electron chi connectivity index (χ1n) is 4.38. The van der Waals surface area contributed by atoms with Crippen LogP contribution >= 0.6 is 0 Å². The fraction of sp³-hybridized carbons (Fsp3) is 0.200. The Labute approximate surface area is 95.7 Å². The van der Waals surface area contributed by atoms with E-state index in [4.69, 9.17) is 11.1 Å². The van der Waals surface area contributed by atoms with Crippen molar-refractivity contribution in [2.75, 3.05) is 13.7 Å². The van der Waals surface area contributed by atoms with Crippen LogP contribution in [0.1, 0.15) is 5.56 Å². The van der Waals surface area contributed by atoms with Gasteiger partial charge in [0, 0.05) is 6.21 Å². The third kappa shape index (κ3) is 5.12. The van der Waals surface area contributed by atoms with E-state index in [9.17, 15) is 18.0 Å². The standard InChI is InChI=1S/C7H4F3N.C3H7NO2/c8-5-1-4(3-11)2-6(9)7(5)10;1-6-3(5)2-4/h1-3,11H;2,4H2,1H3. The summed E-state index contributed by atoms with van der Waals surface area (Å²) >= 11 is 0. The number of nitrogens with one attached hydrogen (secondary N) is 1. The number of methoxy groups -OCH3 is 1. The summed E-state index contributed by atoms with van der Waals surface area (Å²) in [7, 11) is 1.30. The molecule has 0 saturated carbocycles. The Morgan fingerprint density at radius 3 is 2.12 bits per heavy atom. The first-order valence-corrected chi connectivity index (χ1v) is 4.38. The Balaban J connectivity index is 0.000000366. The number of hydrogen-bond acceptors (Lipinski definition) is 4. The number of halogens is 3. The summed E-state index contributed by atoms with van der Waals surface area (Å²) in [5, 5.41) is 6.63. The molecule has 0 aliphatic rings. The molecule has 0 radical (unpaired) electrons. The Bertz CT molecular complexity index is 382. The van der Waals surface area contributed by atoms with Gasteiger partial charge in [-0.1, -0.05) is 0 Å². The first kappa shape index (κ1) is 15.1. The third-order valence-corrected chi connectivity index (χ3v) is 1.57. The van der Waals surface area contributed by atoms with Crippen molar-refractivity contribution in [3.8, 4) is 0 Å². The highest BCUT2D eigenvalue weighted by Gasteiger charge is 2.08. The average molecular weight is 248 g/mol. The van der Waals surface area contributed by atoms with E-state index >= 15 is 0 Å². The van der Waals surface area contributed by atoms with Crippen molar-refractivity contribution in [3.05, 3.63) is 35.1 Å². The molecule has 1 aromatic rings. The zero-order chi connectivity index (χ0) is 13.4. The van der Waals surface area contributed by atoms with Crippen molar-refractivity contribution < 1.29 is 22.7 Å². The van der Waals surface area contributed by atoms with Gasteiger partial charge in [-0.05, 0) is 17.7 Å². The molecule has 17 heavy (non-hydrogen) atoms. The van der Waals surface area contributed by atoms with Crippen LogP contribution in [0.25, 0.3) is 0 Å². The number of benzene rings is 1. The molecule has 0 heterocycles. The number of rotatable bonds is 2. The molecule has 0 aromatic heterocycles. The topological polar surface area (TPSA) is 76.2 Å². The van der Waals surface area contributed by atoms with Gasteiger partial charge in [-0.3, -0.25) is 4.79 Å². The number of esters is 1. The van der Waals surface area contributed by atoms with Gasteiger partial charge in [-0.25, -0.2) is 13.2 Å². The van der Waals surface area contributed by atoms with E-state index in [0.717, 1.165) is 18.3 Å². The Morgan fingerprint density at radius 2 is 1.88 bits per heavy atom. The Morgan fingerprint density at radius 1 is 1.41 bits per heavy atom. The van der Waals surface area contributed by atoms with Crippen molar-refractivity contribution in [1.29, 1.82) is 5.41 Å². The van der Waals surface area contributed by atoms with Crippen molar-refractivity contribution in [1.82, 2.24) is 0 Å². The highest BCUT2D eigenvalue weighted by atomic mass is 19.2. The molecule has 94 valence electrons. The molecule has 0 unspecified atom stereocenters. The second kappa shape index (κ2) is 7.39. The molecular formula is C10H11F3N2O2. The average Bonchev–Trinajstić information content (AvgIpc) is 2.34. The molecular weight excluding hydrogens is 237 g/mol. The molecule has 0 spiro atoms. The number of ether oxygens (including phenoxy) is 1. The molecule has 7 heteroatoms. The minimum Gasteiger partial charge on any atom is -0.468 e. The van der Waals surface area contributed by atoms with Crippen LogP contribution in [0, 0.1) is 22.9 Å². The van der Waals surface area contributed by atoms with Gasteiger partial charge in [0.25, 0.3) is 0 Å². The van der Waals surface area contributed by atoms with Crippen LogP contribution in [0.4, 0.5) is 13.2 Å². The molecule has 0 bridgehead atoms. The van der Waals surface area contributed by atoms with Crippen LogP contribution < -0.4 is 5.73 Å². The summed E-state index contributed by atoms with van der Waals surface area (Å²) < 4.78 is 41.0. The van der Waals surface area contributed by atoms with Crippen molar-refractivity contribution in [2.24, 2.45) is 5.73 Å². The minimum atomic E-state index is -1.50. The van der Waals surface area contributed by atoms with E-state index in [2.05, 4.69) is 4.74 Å². The molecule has 4 nitrogen and oxygen atoms in total. The molecule has 1 rings (SSSR count). The van der Waals surface area contributed by atoms with Crippen LogP contribution in [0.15, 0.2) is 12.1 Å². The lowest BCUT2D eigenvalue weighted by atomic mass is 10.2. The lowest BCUT2D eigenvalue weighted by molar-refractivity contribution is -0.138. The van der Waals surface area contributed by atoms with Crippen LogP contribution in [0.5, 0.6) is 0 Å². The molecule has 1 aromatic carbocycles. The minimum absolute atomic E-state index is 0.00130. The highest BCUT2D eigenvalue weighted by Crippen LogP contribution is 2.11. The van der Waals surface area contributed by atoms with E-state index in [1.807, 2.05) is 0 Å². The fourth-order valence-electron chi connectivity index (χ4n) is 0.742. The van der Waals surface area contributed by atoms with Crippen LogP contribution in [0.2, 0.25) is 0 Å². The van der Waals surface area contributed by atoms with Crippen LogP contribution in [-0.2, 0) is 9.53 Å². The second-order valence-corrected chi connectivity index (χ2v) is 2.72. The van der Waals surface area contributed by atoms with Crippen LogP contribution in [0.3, 0.4) is 0 Å². The van der Waals surface area contributed by atoms with E-state index in [1.165, 1.54) is 7.11 Å². The van der Waals surface area contributed by atoms with Gasteiger partial charge < -0.3 is 15.9 Å². The quantitative estimate of drug-likeness (QED) is 0.469. The van der Waals surface area contributed by atoms with Crippen molar-refractivity contribution in [2.45, 2.75) is 0 Å². The number of hydrogen-bond donors (Lipinski definition) is 2. The summed E-state index contributed by atoms with van der Waals surface area (Å²) in [5.41, 5.74) is 4.81. The largest absolute Gasteiger partial charge is 0.468 e. The molecule has 0 aliphatic carbocycles. The predicted octanol–water partition coefficient (Wildman–Crippen LogP) is 1.22. The predicted molar refractivity (Wildman–Crippen MR) is 55.3 cm³/mol. The maximum Gasteiger partial charge on any atom is 0.319 e. The molecule has 0 saturated heterocycles. The molecule has 0 amide bonds. The number of carbonyl (C=O) groups excluding carboxylic acids is 1. The van der Waals surface area contributed by atoms with E-state index in [0.29, 0.717) is 0 Å². The highest BCUT2D eigenvalue weighted by molar-refractivity contribution is 5.76. The summed E-state index contributed by atoms with van der Waals surface area (Å²) in [6.45, 7) is -0.0312. The summed E-state index contributed by atoms with van der Waals surface area (Å²) in [6, 6.07) is 1.51. The Hall–Kier alpha value is -1.89. The maximum absolute atomic E-state index is 12.3. The lowest BCUT2D eigenvalue weighted by Gasteiger charge is -1.95. The summed E-state index contributed by atoms with van der Waals surface area (Å²) in [6.07, 6.45) is 0.742. The Kier molecular flexibility index (Phi) is 6.57.